The van der Waals surface area contributed by atoms with Crippen molar-refractivity contribution in [2.75, 3.05) is 29.0 Å². The number of rotatable bonds is 8. The standard InChI is InChI=1S/C19H21ClN2O4S/c1-4-11-26-17-9-7-16(8-10-17)21-19(23)13-22(27(3,24)25)18-12-15(20)6-5-14(18)2/h4-10,12H,1,11,13H2,2-3H3,(H,21,23). The third-order valence-electron chi connectivity index (χ3n) is 3.63. The maximum absolute atomic E-state index is 12.4. The number of aryl methyl sites for hydroxylation is 1. The highest BCUT2D eigenvalue weighted by Gasteiger charge is 2.22. The lowest BCUT2D eigenvalue weighted by Gasteiger charge is -2.23. The van der Waals surface area contributed by atoms with Crippen LogP contribution < -0.4 is 14.4 Å². The largest absolute Gasteiger partial charge is 0.490 e. The monoisotopic (exact) mass is 408 g/mol. The highest BCUT2D eigenvalue weighted by atomic mass is 35.5. The molecular formula is C19H21ClN2O4S. The summed E-state index contributed by atoms with van der Waals surface area (Å²) >= 11 is 5.99. The van der Waals surface area contributed by atoms with Gasteiger partial charge in [0.15, 0.2) is 0 Å². The summed E-state index contributed by atoms with van der Waals surface area (Å²) in [5, 5.41) is 3.07. The van der Waals surface area contributed by atoms with Crippen LogP contribution in [0, 0.1) is 6.92 Å². The van der Waals surface area contributed by atoms with Gasteiger partial charge in [-0.1, -0.05) is 30.3 Å². The highest BCUT2D eigenvalue weighted by Crippen LogP contribution is 2.26. The number of carbonyl (C=O) groups is 1. The lowest BCUT2D eigenvalue weighted by atomic mass is 10.2. The van der Waals surface area contributed by atoms with Crippen LogP contribution in [-0.4, -0.2) is 33.7 Å². The molecule has 6 nitrogen and oxygen atoms in total. The van der Waals surface area contributed by atoms with Crippen LogP contribution in [0.1, 0.15) is 5.56 Å². The van der Waals surface area contributed by atoms with E-state index < -0.39 is 15.9 Å². The van der Waals surface area contributed by atoms with Gasteiger partial charge in [-0.25, -0.2) is 8.42 Å². The molecule has 0 saturated carbocycles. The van der Waals surface area contributed by atoms with E-state index in [-0.39, 0.29) is 6.54 Å². The van der Waals surface area contributed by atoms with Gasteiger partial charge in [0, 0.05) is 10.7 Å². The summed E-state index contributed by atoms with van der Waals surface area (Å²) in [6.45, 7) is 5.34. The quantitative estimate of drug-likeness (QED) is 0.677. The molecule has 0 atom stereocenters. The molecule has 144 valence electrons. The Bertz CT molecular complexity index is 927. The fourth-order valence-electron chi connectivity index (χ4n) is 2.35. The summed E-state index contributed by atoms with van der Waals surface area (Å²) in [5.74, 6) is 0.166. The molecule has 0 aliphatic carbocycles. The second kappa shape index (κ2) is 8.92. The Labute approximate surface area is 164 Å². The molecule has 2 rings (SSSR count). The number of halogens is 1. The van der Waals surface area contributed by atoms with E-state index in [1.165, 1.54) is 6.07 Å². The average molecular weight is 409 g/mol. The zero-order chi connectivity index (χ0) is 20.0. The fraction of sp³-hybridized carbons (Fsp3) is 0.211. The van der Waals surface area contributed by atoms with Gasteiger partial charge in [0.2, 0.25) is 15.9 Å². The maximum atomic E-state index is 12.4. The molecule has 0 aliphatic rings. The number of ether oxygens (including phenoxy) is 1. The van der Waals surface area contributed by atoms with Gasteiger partial charge in [-0.2, -0.15) is 0 Å². The molecule has 0 radical (unpaired) electrons. The Morgan fingerprint density at radius 2 is 1.93 bits per heavy atom. The normalized spacial score (nSPS) is 10.9. The second-order valence-electron chi connectivity index (χ2n) is 5.87. The van der Waals surface area contributed by atoms with Crippen molar-refractivity contribution in [2.45, 2.75) is 6.92 Å². The predicted octanol–water partition coefficient (Wildman–Crippen LogP) is 3.62. The van der Waals surface area contributed by atoms with E-state index in [4.69, 9.17) is 16.3 Å². The lowest BCUT2D eigenvalue weighted by Crippen LogP contribution is -2.37. The number of nitrogens with zero attached hydrogens (tertiary/aromatic N) is 1. The SMILES string of the molecule is C=CCOc1ccc(NC(=O)CN(c2cc(Cl)ccc2C)S(C)(=O)=O)cc1. The first-order chi connectivity index (χ1) is 12.7. The first kappa shape index (κ1) is 20.8. The first-order valence-corrected chi connectivity index (χ1v) is 10.3. The predicted molar refractivity (Wildman–Crippen MR) is 109 cm³/mol. The van der Waals surface area contributed by atoms with Gasteiger partial charge in [0.05, 0.1) is 11.9 Å². The third kappa shape index (κ3) is 6.01. The summed E-state index contributed by atoms with van der Waals surface area (Å²) in [6.07, 6.45) is 2.68. The Kier molecular flexibility index (Phi) is 6.87. The highest BCUT2D eigenvalue weighted by molar-refractivity contribution is 7.92. The first-order valence-electron chi connectivity index (χ1n) is 8.08. The van der Waals surface area contributed by atoms with E-state index in [1.807, 2.05) is 0 Å². The van der Waals surface area contributed by atoms with Crippen LogP contribution in [0.5, 0.6) is 5.75 Å². The minimum Gasteiger partial charge on any atom is -0.490 e. The Morgan fingerprint density at radius 3 is 2.52 bits per heavy atom. The van der Waals surface area contributed by atoms with Crippen molar-refractivity contribution >= 4 is 38.9 Å². The molecule has 0 fully saturated rings. The van der Waals surface area contributed by atoms with Crippen LogP contribution in [0.3, 0.4) is 0 Å². The second-order valence-corrected chi connectivity index (χ2v) is 8.22. The minimum absolute atomic E-state index is 0.366. The van der Waals surface area contributed by atoms with Gasteiger partial charge in [0.25, 0.3) is 0 Å². The van der Waals surface area contributed by atoms with Crippen molar-refractivity contribution in [1.82, 2.24) is 0 Å². The van der Waals surface area contributed by atoms with Crippen molar-refractivity contribution in [3.05, 3.63) is 65.7 Å². The van der Waals surface area contributed by atoms with Gasteiger partial charge in [-0.05, 0) is 48.9 Å². The van der Waals surface area contributed by atoms with Gasteiger partial charge >= 0.3 is 0 Å². The Morgan fingerprint density at radius 1 is 1.26 bits per heavy atom. The molecule has 0 aromatic heterocycles. The van der Waals surface area contributed by atoms with E-state index in [9.17, 15) is 13.2 Å². The molecule has 27 heavy (non-hydrogen) atoms. The number of hydrogen-bond donors (Lipinski definition) is 1. The van der Waals surface area contributed by atoms with Crippen molar-refractivity contribution in [1.29, 1.82) is 0 Å². The minimum atomic E-state index is -3.68. The van der Waals surface area contributed by atoms with Crippen molar-refractivity contribution in [3.63, 3.8) is 0 Å². The van der Waals surface area contributed by atoms with Crippen LogP contribution >= 0.6 is 11.6 Å². The number of amides is 1. The van der Waals surface area contributed by atoms with Gasteiger partial charge in [-0.3, -0.25) is 9.10 Å². The topological polar surface area (TPSA) is 75.7 Å². The number of hydrogen-bond acceptors (Lipinski definition) is 4. The molecule has 0 heterocycles. The van der Waals surface area contributed by atoms with Crippen molar-refractivity contribution < 1.29 is 17.9 Å². The smallest absolute Gasteiger partial charge is 0.245 e. The molecule has 0 spiro atoms. The summed E-state index contributed by atoms with van der Waals surface area (Å²) in [6, 6.07) is 11.6. The Hall–Kier alpha value is -2.51. The fourth-order valence-corrected chi connectivity index (χ4v) is 3.43. The van der Waals surface area contributed by atoms with Gasteiger partial charge < -0.3 is 10.1 Å². The van der Waals surface area contributed by atoms with Gasteiger partial charge in [0.1, 0.15) is 18.9 Å². The number of anilines is 2. The summed E-state index contributed by atoms with van der Waals surface area (Å²) in [5.41, 5.74) is 1.59. The van der Waals surface area contributed by atoms with Crippen LogP contribution in [0.2, 0.25) is 5.02 Å². The molecule has 8 heteroatoms. The molecule has 2 aromatic carbocycles. The van der Waals surface area contributed by atoms with Gasteiger partial charge in [-0.15, -0.1) is 0 Å². The number of sulfonamides is 1. The van der Waals surface area contributed by atoms with E-state index in [0.717, 1.165) is 10.6 Å². The molecular weight excluding hydrogens is 388 g/mol. The maximum Gasteiger partial charge on any atom is 0.245 e. The molecule has 0 bridgehead atoms. The van der Waals surface area contributed by atoms with E-state index >= 15 is 0 Å². The van der Waals surface area contributed by atoms with E-state index in [0.29, 0.717) is 34.3 Å². The van der Waals surface area contributed by atoms with E-state index in [2.05, 4.69) is 11.9 Å². The average Bonchev–Trinajstić information content (AvgIpc) is 2.60. The summed E-state index contributed by atoms with van der Waals surface area (Å²) < 4.78 is 30.8. The number of carbonyl (C=O) groups excluding carboxylic acids is 1. The molecule has 1 N–H and O–H groups in total. The summed E-state index contributed by atoms with van der Waals surface area (Å²) in [7, 11) is -3.68. The third-order valence-corrected chi connectivity index (χ3v) is 4.99. The number of nitrogens with one attached hydrogen (secondary N) is 1. The summed E-state index contributed by atoms with van der Waals surface area (Å²) in [4.78, 5) is 12.4. The number of benzene rings is 2. The van der Waals surface area contributed by atoms with Crippen LogP contribution in [0.15, 0.2) is 55.1 Å². The van der Waals surface area contributed by atoms with Crippen molar-refractivity contribution in [2.24, 2.45) is 0 Å². The lowest BCUT2D eigenvalue weighted by molar-refractivity contribution is -0.114. The molecule has 0 unspecified atom stereocenters. The molecule has 2 aromatic rings. The zero-order valence-corrected chi connectivity index (χ0v) is 16.7. The zero-order valence-electron chi connectivity index (χ0n) is 15.1. The van der Waals surface area contributed by atoms with Crippen LogP contribution in [0.4, 0.5) is 11.4 Å². The molecule has 0 aliphatic heterocycles. The van der Waals surface area contributed by atoms with Crippen molar-refractivity contribution in [3.8, 4) is 5.75 Å². The molecule has 0 saturated heterocycles. The van der Waals surface area contributed by atoms with Crippen LogP contribution in [0.25, 0.3) is 0 Å². The Balaban J connectivity index is 2.15. The molecule has 1 amide bonds. The van der Waals surface area contributed by atoms with Crippen LogP contribution in [-0.2, 0) is 14.8 Å². The van der Waals surface area contributed by atoms with E-state index in [1.54, 1.807) is 49.4 Å².